The lowest BCUT2D eigenvalue weighted by Crippen LogP contribution is -1.92. The molecule has 1 nitrogen and oxygen atoms in total. The first-order valence-corrected chi connectivity index (χ1v) is 17.6. The minimum absolute atomic E-state index is 0.896. The lowest BCUT2D eigenvalue weighted by molar-refractivity contribution is 0.670. The van der Waals surface area contributed by atoms with Gasteiger partial charge in [-0.3, -0.25) is 0 Å². The maximum Gasteiger partial charge on any atom is 0.143 e. The highest BCUT2D eigenvalue weighted by atomic mass is 16.3. The van der Waals surface area contributed by atoms with E-state index in [4.69, 9.17) is 4.42 Å². The van der Waals surface area contributed by atoms with E-state index in [0.717, 1.165) is 27.5 Å². The molecule has 0 radical (unpaired) electrons. The van der Waals surface area contributed by atoms with Crippen LogP contribution in [0.4, 0.5) is 0 Å². The third kappa shape index (κ3) is 4.16. The Labute approximate surface area is 294 Å². The molecule has 236 valence electrons. The van der Waals surface area contributed by atoms with Crippen LogP contribution in [0.1, 0.15) is 0 Å². The van der Waals surface area contributed by atoms with Gasteiger partial charge < -0.3 is 4.42 Å². The second-order valence-corrected chi connectivity index (χ2v) is 13.6. The summed E-state index contributed by atoms with van der Waals surface area (Å²) in [5.74, 6) is 0. The van der Waals surface area contributed by atoms with Gasteiger partial charge in [-0.2, -0.15) is 0 Å². The maximum absolute atomic E-state index is 6.92. The molecule has 10 aromatic carbocycles. The molecule has 0 saturated carbocycles. The number of benzene rings is 10. The molecular weight excluding hydrogens is 617 g/mol. The molecule has 0 bridgehead atoms. The van der Waals surface area contributed by atoms with Crippen molar-refractivity contribution in [3.05, 3.63) is 182 Å². The van der Waals surface area contributed by atoms with E-state index in [0.29, 0.717) is 0 Å². The van der Waals surface area contributed by atoms with Gasteiger partial charge in [-0.15, -0.1) is 0 Å². The smallest absolute Gasteiger partial charge is 0.143 e. The fourth-order valence-corrected chi connectivity index (χ4v) is 8.60. The molecule has 0 aliphatic rings. The average molecular weight is 647 g/mol. The van der Waals surface area contributed by atoms with Crippen molar-refractivity contribution in [2.45, 2.75) is 0 Å². The van der Waals surface area contributed by atoms with Crippen LogP contribution in [0.3, 0.4) is 0 Å². The largest absolute Gasteiger partial charge is 0.455 e. The lowest BCUT2D eigenvalue weighted by atomic mass is 9.83. The van der Waals surface area contributed by atoms with Gasteiger partial charge in [0.1, 0.15) is 11.2 Å². The Bertz CT molecular complexity index is 3140. The summed E-state index contributed by atoms with van der Waals surface area (Å²) in [5, 5.41) is 14.7. The Morgan fingerprint density at radius 1 is 0.294 bits per heavy atom. The van der Waals surface area contributed by atoms with Gasteiger partial charge in [0.05, 0.1) is 0 Å². The summed E-state index contributed by atoms with van der Waals surface area (Å²) in [5.41, 5.74) is 9.01. The molecule has 0 N–H and O–H groups in total. The van der Waals surface area contributed by atoms with E-state index in [2.05, 4.69) is 182 Å². The Kier molecular flexibility index (Phi) is 6.02. The van der Waals surface area contributed by atoms with Crippen LogP contribution in [-0.4, -0.2) is 0 Å². The van der Waals surface area contributed by atoms with Gasteiger partial charge in [0.25, 0.3) is 0 Å². The molecule has 0 saturated heterocycles. The summed E-state index contributed by atoms with van der Waals surface area (Å²) in [4.78, 5) is 0. The van der Waals surface area contributed by atoms with Crippen molar-refractivity contribution in [3.63, 3.8) is 0 Å². The highest BCUT2D eigenvalue weighted by molar-refractivity contribution is 6.27. The molecular formula is C50H30O. The van der Waals surface area contributed by atoms with E-state index >= 15 is 0 Å². The van der Waals surface area contributed by atoms with Gasteiger partial charge in [0.2, 0.25) is 0 Å². The van der Waals surface area contributed by atoms with E-state index in [1.54, 1.807) is 0 Å². The van der Waals surface area contributed by atoms with Gasteiger partial charge >= 0.3 is 0 Å². The quantitative estimate of drug-likeness (QED) is 0.138. The molecule has 1 aromatic heterocycles. The maximum atomic E-state index is 6.92. The molecule has 0 aliphatic carbocycles. The summed E-state index contributed by atoms with van der Waals surface area (Å²) in [6.07, 6.45) is 0. The number of hydrogen-bond donors (Lipinski definition) is 0. The third-order valence-corrected chi connectivity index (χ3v) is 10.8. The standard InChI is InChI=1S/C50H30O/c1-2-14-32-29-34(26-25-31(32)13-1)47-38-19-7-9-21-40(38)48(41-22-10-8-20-39(41)47)44-28-27-42(50-49(44)43-23-11-12-24-46(43)51-50)45-30-33-15-3-4-16-35(33)36-17-5-6-18-37(36)45/h1-30H. The van der Waals surface area contributed by atoms with E-state index in [-0.39, 0.29) is 0 Å². The highest BCUT2D eigenvalue weighted by Crippen LogP contribution is 2.49. The number of rotatable bonds is 3. The van der Waals surface area contributed by atoms with Crippen LogP contribution in [0.5, 0.6) is 0 Å². The zero-order valence-corrected chi connectivity index (χ0v) is 27.7. The second-order valence-electron chi connectivity index (χ2n) is 13.6. The number of furan rings is 1. The topological polar surface area (TPSA) is 13.1 Å². The van der Waals surface area contributed by atoms with Crippen LogP contribution in [0.15, 0.2) is 186 Å². The first-order valence-electron chi connectivity index (χ1n) is 17.6. The van der Waals surface area contributed by atoms with Crippen molar-refractivity contribution in [1.82, 2.24) is 0 Å². The molecule has 11 aromatic rings. The predicted molar refractivity (Wildman–Crippen MR) is 218 cm³/mol. The van der Waals surface area contributed by atoms with Crippen LogP contribution in [0.25, 0.3) is 109 Å². The zero-order valence-electron chi connectivity index (χ0n) is 27.7. The van der Waals surface area contributed by atoms with Crippen LogP contribution >= 0.6 is 0 Å². The number of fused-ring (bicyclic) bond motifs is 9. The Hall–Kier alpha value is -6.70. The monoisotopic (exact) mass is 646 g/mol. The van der Waals surface area contributed by atoms with E-state index < -0.39 is 0 Å². The number of hydrogen-bond acceptors (Lipinski definition) is 1. The van der Waals surface area contributed by atoms with E-state index in [1.807, 2.05) is 0 Å². The molecule has 0 aliphatic heterocycles. The van der Waals surface area contributed by atoms with Gasteiger partial charge in [-0.05, 0) is 106 Å². The molecule has 1 heteroatoms. The minimum Gasteiger partial charge on any atom is -0.455 e. The van der Waals surface area contributed by atoms with E-state index in [1.165, 1.54) is 81.7 Å². The summed E-state index contributed by atoms with van der Waals surface area (Å²) in [6, 6.07) is 66.2. The molecule has 0 atom stereocenters. The minimum atomic E-state index is 0.896. The van der Waals surface area contributed by atoms with E-state index in [9.17, 15) is 0 Å². The zero-order chi connectivity index (χ0) is 33.5. The van der Waals surface area contributed by atoms with Crippen molar-refractivity contribution < 1.29 is 4.42 Å². The van der Waals surface area contributed by atoms with Crippen molar-refractivity contribution in [2.24, 2.45) is 0 Å². The van der Waals surface area contributed by atoms with Gasteiger partial charge in [-0.1, -0.05) is 158 Å². The molecule has 0 unspecified atom stereocenters. The summed E-state index contributed by atoms with van der Waals surface area (Å²) >= 11 is 0. The molecule has 51 heavy (non-hydrogen) atoms. The molecule has 0 spiro atoms. The van der Waals surface area contributed by atoms with Crippen molar-refractivity contribution in [1.29, 1.82) is 0 Å². The third-order valence-electron chi connectivity index (χ3n) is 10.8. The highest BCUT2D eigenvalue weighted by Gasteiger charge is 2.23. The van der Waals surface area contributed by atoms with Crippen molar-refractivity contribution in [2.75, 3.05) is 0 Å². The molecule has 0 fully saturated rings. The normalized spacial score (nSPS) is 11.9. The van der Waals surface area contributed by atoms with Gasteiger partial charge in [0.15, 0.2) is 0 Å². The molecule has 1 heterocycles. The average Bonchev–Trinajstić information content (AvgIpc) is 3.59. The predicted octanol–water partition coefficient (Wildman–Crippen LogP) is 14.4. The number of para-hydroxylation sites is 1. The fraction of sp³-hybridized carbons (Fsp3) is 0. The van der Waals surface area contributed by atoms with Crippen LogP contribution < -0.4 is 0 Å². The fourth-order valence-electron chi connectivity index (χ4n) is 8.60. The van der Waals surface area contributed by atoms with Crippen molar-refractivity contribution in [3.8, 4) is 33.4 Å². The Balaban J connectivity index is 1.26. The van der Waals surface area contributed by atoms with Crippen LogP contribution in [0, 0.1) is 0 Å². The van der Waals surface area contributed by atoms with Gasteiger partial charge in [0, 0.05) is 16.3 Å². The second kappa shape index (κ2) is 10.9. The summed E-state index contributed by atoms with van der Waals surface area (Å²) < 4.78 is 6.92. The SMILES string of the molecule is c1ccc2cc(-c3c4ccccc4c(-c4ccc(-c5cc6ccccc6c6ccccc56)c5oc6ccccc6c45)c4ccccc34)ccc2c1. The summed E-state index contributed by atoms with van der Waals surface area (Å²) in [7, 11) is 0. The van der Waals surface area contributed by atoms with Crippen LogP contribution in [0.2, 0.25) is 0 Å². The molecule has 11 rings (SSSR count). The first kappa shape index (κ1) is 28.2. The van der Waals surface area contributed by atoms with Gasteiger partial charge in [-0.25, -0.2) is 0 Å². The molecule has 0 amide bonds. The Morgan fingerprint density at radius 3 is 1.55 bits per heavy atom. The summed E-state index contributed by atoms with van der Waals surface area (Å²) in [6.45, 7) is 0. The van der Waals surface area contributed by atoms with Crippen LogP contribution in [-0.2, 0) is 0 Å². The first-order chi connectivity index (χ1) is 25.3. The van der Waals surface area contributed by atoms with Crippen molar-refractivity contribution >= 4 is 75.8 Å². The Morgan fingerprint density at radius 2 is 0.824 bits per heavy atom. The lowest BCUT2D eigenvalue weighted by Gasteiger charge is -2.19.